The molecule has 114 valence electrons. The van der Waals surface area contributed by atoms with E-state index in [1.807, 2.05) is 24.3 Å². The molecule has 2 aromatic rings. The van der Waals surface area contributed by atoms with Gasteiger partial charge < -0.3 is 4.74 Å². The Bertz CT molecular complexity index is 695. The lowest BCUT2D eigenvalue weighted by Crippen LogP contribution is -2.31. The van der Waals surface area contributed by atoms with Gasteiger partial charge in [-0.15, -0.1) is 0 Å². The van der Waals surface area contributed by atoms with Gasteiger partial charge in [0, 0.05) is 23.3 Å². The number of anilines is 1. The molecule has 0 spiro atoms. The van der Waals surface area contributed by atoms with Crippen LogP contribution in [0.15, 0.2) is 36.7 Å². The second-order valence-electron chi connectivity index (χ2n) is 5.00. The standard InChI is InChI=1S/C15H15ClN4O2/c1-22-15-13(17-6-7-18-15)19-20-14(21)11-8-10(11)9-4-2-3-5-12(9)16/h2-7,10-11H,8H2,1H3,(H,17,19)(H,20,21)/t10-,11+/m0/s1. The molecule has 0 bridgehead atoms. The van der Waals surface area contributed by atoms with Crippen LogP contribution in [0.5, 0.6) is 5.88 Å². The van der Waals surface area contributed by atoms with Gasteiger partial charge in [0.05, 0.1) is 7.11 Å². The maximum Gasteiger partial charge on any atom is 0.258 e. The van der Waals surface area contributed by atoms with Crippen LogP contribution in [-0.2, 0) is 4.79 Å². The number of halogens is 1. The van der Waals surface area contributed by atoms with Gasteiger partial charge in [-0.2, -0.15) is 0 Å². The zero-order chi connectivity index (χ0) is 15.5. The van der Waals surface area contributed by atoms with E-state index in [4.69, 9.17) is 16.3 Å². The smallest absolute Gasteiger partial charge is 0.258 e. The molecular formula is C15H15ClN4O2. The second kappa shape index (κ2) is 6.19. The Kier molecular flexibility index (Phi) is 4.11. The molecule has 3 rings (SSSR count). The molecule has 0 radical (unpaired) electrons. The van der Waals surface area contributed by atoms with E-state index in [0.29, 0.717) is 16.7 Å². The number of rotatable bonds is 5. The normalized spacial score (nSPS) is 19.4. The minimum atomic E-state index is -0.0994. The number of amides is 1. The fraction of sp³-hybridized carbons (Fsp3) is 0.267. The summed E-state index contributed by atoms with van der Waals surface area (Å²) in [6.07, 6.45) is 3.82. The van der Waals surface area contributed by atoms with Crippen molar-refractivity contribution in [3.05, 3.63) is 47.2 Å². The zero-order valence-corrected chi connectivity index (χ0v) is 12.7. The molecule has 1 heterocycles. The van der Waals surface area contributed by atoms with Crippen molar-refractivity contribution in [1.29, 1.82) is 0 Å². The van der Waals surface area contributed by atoms with Gasteiger partial charge in [0.1, 0.15) is 0 Å². The number of ether oxygens (including phenoxy) is 1. The summed E-state index contributed by atoms with van der Waals surface area (Å²) in [5.74, 6) is 0.668. The summed E-state index contributed by atoms with van der Waals surface area (Å²) in [4.78, 5) is 20.2. The van der Waals surface area contributed by atoms with Crippen LogP contribution in [0.3, 0.4) is 0 Å². The summed E-state index contributed by atoms with van der Waals surface area (Å²) in [5.41, 5.74) is 6.40. The summed E-state index contributed by atoms with van der Waals surface area (Å²) in [6.45, 7) is 0. The quantitative estimate of drug-likeness (QED) is 0.828. The van der Waals surface area contributed by atoms with E-state index in [1.54, 1.807) is 0 Å². The maximum absolute atomic E-state index is 12.2. The highest BCUT2D eigenvalue weighted by atomic mass is 35.5. The number of hydrazine groups is 1. The van der Waals surface area contributed by atoms with E-state index in [0.717, 1.165) is 12.0 Å². The first-order valence-electron chi connectivity index (χ1n) is 6.86. The van der Waals surface area contributed by atoms with Crippen LogP contribution in [0.4, 0.5) is 5.82 Å². The van der Waals surface area contributed by atoms with Crippen LogP contribution in [0, 0.1) is 5.92 Å². The number of nitrogens with one attached hydrogen (secondary N) is 2. The molecule has 1 fully saturated rings. The number of methoxy groups -OCH3 is 1. The van der Waals surface area contributed by atoms with Crippen molar-refractivity contribution < 1.29 is 9.53 Å². The second-order valence-corrected chi connectivity index (χ2v) is 5.41. The molecule has 6 nitrogen and oxygen atoms in total. The fourth-order valence-electron chi connectivity index (χ4n) is 2.38. The van der Waals surface area contributed by atoms with Gasteiger partial charge >= 0.3 is 0 Å². The first-order valence-corrected chi connectivity index (χ1v) is 7.23. The molecule has 1 aliphatic rings. The summed E-state index contributed by atoms with van der Waals surface area (Å²) in [7, 11) is 1.49. The third-order valence-electron chi connectivity index (χ3n) is 3.59. The molecule has 0 unspecified atom stereocenters. The summed E-state index contributed by atoms with van der Waals surface area (Å²) < 4.78 is 5.06. The molecule has 1 aromatic carbocycles. The molecule has 0 saturated heterocycles. The van der Waals surface area contributed by atoms with Crippen LogP contribution in [0.25, 0.3) is 0 Å². The van der Waals surface area contributed by atoms with Crippen molar-refractivity contribution in [2.75, 3.05) is 12.5 Å². The number of carbonyl (C=O) groups is 1. The number of benzene rings is 1. The Balaban J connectivity index is 1.59. The predicted octanol–water partition coefficient (Wildman–Crippen LogP) is 2.39. The lowest BCUT2D eigenvalue weighted by molar-refractivity contribution is -0.121. The van der Waals surface area contributed by atoms with Gasteiger partial charge in [-0.1, -0.05) is 29.8 Å². The monoisotopic (exact) mass is 318 g/mol. The molecule has 1 amide bonds. The largest absolute Gasteiger partial charge is 0.478 e. The van der Waals surface area contributed by atoms with Crippen LogP contribution < -0.4 is 15.6 Å². The van der Waals surface area contributed by atoms with Gasteiger partial charge in [-0.25, -0.2) is 9.97 Å². The van der Waals surface area contributed by atoms with E-state index >= 15 is 0 Å². The minimum Gasteiger partial charge on any atom is -0.478 e. The third-order valence-corrected chi connectivity index (χ3v) is 3.94. The van der Waals surface area contributed by atoms with Gasteiger partial charge in [0.15, 0.2) is 0 Å². The van der Waals surface area contributed by atoms with Crippen molar-refractivity contribution in [2.24, 2.45) is 5.92 Å². The van der Waals surface area contributed by atoms with Gasteiger partial charge in [0.2, 0.25) is 11.7 Å². The molecule has 2 atom stereocenters. The Morgan fingerprint density at radius 1 is 1.32 bits per heavy atom. The average Bonchev–Trinajstić information content (AvgIpc) is 3.34. The molecule has 7 heteroatoms. The van der Waals surface area contributed by atoms with E-state index in [2.05, 4.69) is 20.8 Å². The SMILES string of the molecule is COc1nccnc1NNC(=O)[C@@H]1C[C@H]1c1ccccc1Cl. The number of carbonyl (C=O) groups excluding carboxylic acids is 1. The van der Waals surface area contributed by atoms with Gasteiger partial charge in [-0.3, -0.25) is 15.6 Å². The fourth-order valence-corrected chi connectivity index (χ4v) is 2.65. The van der Waals surface area contributed by atoms with Crippen molar-refractivity contribution in [2.45, 2.75) is 12.3 Å². The van der Waals surface area contributed by atoms with E-state index in [1.165, 1.54) is 19.5 Å². The number of aromatic nitrogens is 2. The number of hydrogen-bond acceptors (Lipinski definition) is 5. The highest BCUT2D eigenvalue weighted by Crippen LogP contribution is 2.49. The Morgan fingerprint density at radius 2 is 2.09 bits per heavy atom. The molecule has 1 aromatic heterocycles. The number of nitrogens with zero attached hydrogens (tertiary/aromatic N) is 2. The van der Waals surface area contributed by atoms with Gasteiger partial charge in [0.25, 0.3) is 5.88 Å². The lowest BCUT2D eigenvalue weighted by atomic mass is 10.1. The molecule has 2 N–H and O–H groups in total. The first kappa shape index (κ1) is 14.6. The topological polar surface area (TPSA) is 76.1 Å². The minimum absolute atomic E-state index is 0.0879. The van der Waals surface area contributed by atoms with Crippen molar-refractivity contribution in [3.8, 4) is 5.88 Å². The summed E-state index contributed by atoms with van der Waals surface area (Å²) in [6, 6.07) is 7.61. The lowest BCUT2D eigenvalue weighted by Gasteiger charge is -2.10. The van der Waals surface area contributed by atoms with Crippen LogP contribution in [0.2, 0.25) is 5.02 Å². The molecule has 1 saturated carbocycles. The summed E-state index contributed by atoms with van der Waals surface area (Å²) in [5, 5.41) is 0.700. The maximum atomic E-state index is 12.2. The first-order chi connectivity index (χ1) is 10.7. The average molecular weight is 319 g/mol. The van der Waals surface area contributed by atoms with E-state index in [9.17, 15) is 4.79 Å². The molecule has 0 aliphatic heterocycles. The van der Waals surface area contributed by atoms with Crippen LogP contribution in [0.1, 0.15) is 17.9 Å². The Morgan fingerprint density at radius 3 is 2.86 bits per heavy atom. The molecular weight excluding hydrogens is 304 g/mol. The van der Waals surface area contributed by atoms with E-state index < -0.39 is 0 Å². The van der Waals surface area contributed by atoms with Crippen LogP contribution in [-0.4, -0.2) is 23.0 Å². The van der Waals surface area contributed by atoms with Crippen molar-refractivity contribution in [3.63, 3.8) is 0 Å². The predicted molar refractivity (Wildman–Crippen MR) is 82.6 cm³/mol. The Hall–Kier alpha value is -2.34. The Labute approximate surface area is 132 Å². The highest BCUT2D eigenvalue weighted by molar-refractivity contribution is 6.31. The summed E-state index contributed by atoms with van der Waals surface area (Å²) >= 11 is 6.16. The third kappa shape index (κ3) is 2.96. The zero-order valence-electron chi connectivity index (χ0n) is 11.9. The number of hydrogen-bond donors (Lipinski definition) is 2. The van der Waals surface area contributed by atoms with Crippen molar-refractivity contribution in [1.82, 2.24) is 15.4 Å². The highest BCUT2D eigenvalue weighted by Gasteiger charge is 2.44. The van der Waals surface area contributed by atoms with Crippen molar-refractivity contribution >= 4 is 23.3 Å². The van der Waals surface area contributed by atoms with Gasteiger partial charge in [-0.05, 0) is 24.0 Å². The van der Waals surface area contributed by atoms with Crippen LogP contribution >= 0.6 is 11.6 Å². The molecule has 22 heavy (non-hydrogen) atoms. The van der Waals surface area contributed by atoms with E-state index in [-0.39, 0.29) is 17.7 Å². The molecule has 1 aliphatic carbocycles.